The standard InChI is InChI=1S/C22H21Cl2F3N2O2/c1-3-4-7-28-21(30)18-6-5-14(8-13(18)2)20(29-31)12-19(22(25,26)27)15-9-16(23)11-17(24)10-15/h5-6,8-12,20H,3-4,7H2,1-2H3,(H,28,30). The molecule has 4 nitrogen and oxygen atoms in total. The Bertz CT molecular complexity index is 971. The third-order valence-electron chi connectivity index (χ3n) is 4.57. The zero-order chi connectivity index (χ0) is 23.2. The second-order valence-corrected chi connectivity index (χ2v) is 7.84. The summed E-state index contributed by atoms with van der Waals surface area (Å²) < 4.78 is 41.2. The van der Waals surface area contributed by atoms with Crippen molar-refractivity contribution in [2.75, 3.05) is 6.54 Å². The van der Waals surface area contributed by atoms with Crippen LogP contribution in [0.4, 0.5) is 13.2 Å². The van der Waals surface area contributed by atoms with E-state index in [-0.39, 0.29) is 27.1 Å². The molecule has 0 heterocycles. The van der Waals surface area contributed by atoms with Crippen molar-refractivity contribution >= 4 is 34.7 Å². The number of amides is 1. The van der Waals surface area contributed by atoms with Gasteiger partial charge in [-0.25, -0.2) is 0 Å². The number of hydrogen-bond acceptors (Lipinski definition) is 3. The Morgan fingerprint density at radius 1 is 1.16 bits per heavy atom. The van der Waals surface area contributed by atoms with Gasteiger partial charge in [-0.3, -0.25) is 4.79 Å². The van der Waals surface area contributed by atoms with Crippen LogP contribution in [0.15, 0.2) is 47.7 Å². The lowest BCUT2D eigenvalue weighted by Gasteiger charge is -2.16. The van der Waals surface area contributed by atoms with Gasteiger partial charge in [0.15, 0.2) is 0 Å². The van der Waals surface area contributed by atoms with E-state index in [2.05, 4.69) is 10.5 Å². The quantitative estimate of drug-likeness (QED) is 0.324. The highest BCUT2D eigenvalue weighted by molar-refractivity contribution is 6.34. The van der Waals surface area contributed by atoms with E-state index in [0.29, 0.717) is 17.7 Å². The molecule has 1 atom stereocenters. The number of alkyl halides is 3. The number of aryl methyl sites for hydroxylation is 1. The van der Waals surface area contributed by atoms with Crippen LogP contribution in [0.2, 0.25) is 10.0 Å². The number of carbonyl (C=O) groups excluding carboxylic acids is 1. The summed E-state index contributed by atoms with van der Waals surface area (Å²) in [5.74, 6) is -0.284. The fourth-order valence-electron chi connectivity index (χ4n) is 3.01. The molecule has 1 N–H and O–H groups in total. The highest BCUT2D eigenvalue weighted by atomic mass is 35.5. The maximum Gasteiger partial charge on any atom is 0.416 e. The normalized spacial score (nSPS) is 13.1. The van der Waals surface area contributed by atoms with Crippen LogP contribution >= 0.6 is 23.2 Å². The van der Waals surface area contributed by atoms with Crippen LogP contribution in [0, 0.1) is 11.8 Å². The van der Waals surface area contributed by atoms with Crippen molar-refractivity contribution in [2.24, 2.45) is 5.18 Å². The minimum absolute atomic E-state index is 0.0301. The Balaban J connectivity index is 2.42. The number of nitroso groups, excluding NO2 is 1. The van der Waals surface area contributed by atoms with E-state index in [0.717, 1.165) is 31.1 Å². The van der Waals surface area contributed by atoms with Crippen molar-refractivity contribution in [3.63, 3.8) is 0 Å². The van der Waals surface area contributed by atoms with Crippen LogP contribution in [0.25, 0.3) is 5.57 Å². The lowest BCUT2D eigenvalue weighted by molar-refractivity contribution is -0.0691. The smallest absolute Gasteiger partial charge is 0.352 e. The van der Waals surface area contributed by atoms with Crippen LogP contribution in [-0.2, 0) is 0 Å². The molecule has 0 radical (unpaired) electrons. The molecule has 0 bridgehead atoms. The Morgan fingerprint density at radius 3 is 2.32 bits per heavy atom. The summed E-state index contributed by atoms with van der Waals surface area (Å²) in [5, 5.41) is 5.70. The largest absolute Gasteiger partial charge is 0.416 e. The third kappa shape index (κ3) is 6.80. The molecule has 0 spiro atoms. The first-order valence-corrected chi connectivity index (χ1v) is 10.3. The first kappa shape index (κ1) is 24.9. The number of nitrogens with zero attached hydrogens (tertiary/aromatic N) is 1. The predicted molar refractivity (Wildman–Crippen MR) is 117 cm³/mol. The van der Waals surface area contributed by atoms with Gasteiger partial charge >= 0.3 is 6.18 Å². The number of allylic oxidation sites excluding steroid dienone is 1. The molecule has 0 aliphatic rings. The molecule has 1 amide bonds. The van der Waals surface area contributed by atoms with E-state index in [1.54, 1.807) is 6.92 Å². The first-order chi connectivity index (χ1) is 14.6. The van der Waals surface area contributed by atoms with Gasteiger partial charge in [-0.1, -0.05) is 53.9 Å². The maximum atomic E-state index is 13.7. The van der Waals surface area contributed by atoms with Crippen molar-refractivity contribution in [1.82, 2.24) is 5.32 Å². The topological polar surface area (TPSA) is 58.5 Å². The van der Waals surface area contributed by atoms with Crippen LogP contribution < -0.4 is 5.32 Å². The first-order valence-electron chi connectivity index (χ1n) is 9.53. The summed E-state index contributed by atoms with van der Waals surface area (Å²) in [6, 6.07) is 6.49. The van der Waals surface area contributed by atoms with E-state index >= 15 is 0 Å². The Morgan fingerprint density at radius 2 is 1.81 bits per heavy atom. The van der Waals surface area contributed by atoms with E-state index < -0.39 is 17.8 Å². The summed E-state index contributed by atoms with van der Waals surface area (Å²) in [6.07, 6.45) is -2.29. The molecule has 2 rings (SSSR count). The summed E-state index contributed by atoms with van der Waals surface area (Å²) in [5.41, 5.74) is -0.227. The van der Waals surface area contributed by atoms with Gasteiger partial charge in [0.05, 0.1) is 5.57 Å². The average molecular weight is 473 g/mol. The van der Waals surface area contributed by atoms with Crippen molar-refractivity contribution in [1.29, 1.82) is 0 Å². The van der Waals surface area contributed by atoms with Gasteiger partial charge in [-0.15, -0.1) is 4.91 Å². The molecule has 166 valence electrons. The SMILES string of the molecule is CCCCNC(=O)c1ccc(C(C=C(c2cc(Cl)cc(Cl)c2)C(F)(F)F)N=O)cc1C. The number of benzene rings is 2. The number of hydrogen-bond donors (Lipinski definition) is 1. The zero-order valence-electron chi connectivity index (χ0n) is 16.9. The van der Waals surface area contributed by atoms with Gasteiger partial charge in [0, 0.05) is 22.2 Å². The molecule has 0 aliphatic carbocycles. The summed E-state index contributed by atoms with van der Waals surface area (Å²) in [6.45, 7) is 4.17. The average Bonchev–Trinajstić information content (AvgIpc) is 2.67. The van der Waals surface area contributed by atoms with Crippen molar-refractivity contribution in [2.45, 2.75) is 38.9 Å². The maximum absolute atomic E-state index is 13.7. The Labute approximate surface area is 188 Å². The number of unbranched alkanes of at least 4 members (excludes halogenated alkanes) is 1. The summed E-state index contributed by atoms with van der Waals surface area (Å²) in [4.78, 5) is 23.7. The van der Waals surface area contributed by atoms with Crippen molar-refractivity contribution in [3.05, 3.63) is 79.7 Å². The summed E-state index contributed by atoms with van der Waals surface area (Å²) >= 11 is 11.7. The molecule has 2 aromatic carbocycles. The fraction of sp³-hybridized carbons (Fsp3) is 0.318. The molecule has 0 saturated carbocycles. The van der Waals surface area contributed by atoms with E-state index in [1.165, 1.54) is 24.3 Å². The van der Waals surface area contributed by atoms with Crippen LogP contribution in [-0.4, -0.2) is 18.6 Å². The Hall–Kier alpha value is -2.38. The Kier molecular flexibility index (Phi) is 8.65. The fourth-order valence-corrected chi connectivity index (χ4v) is 3.53. The second kappa shape index (κ2) is 10.8. The summed E-state index contributed by atoms with van der Waals surface area (Å²) in [7, 11) is 0. The number of carbonyl (C=O) groups is 1. The molecule has 0 saturated heterocycles. The molecule has 0 aliphatic heterocycles. The van der Waals surface area contributed by atoms with E-state index in [1.807, 2.05) is 6.92 Å². The van der Waals surface area contributed by atoms with Crippen molar-refractivity contribution < 1.29 is 18.0 Å². The molecule has 0 fully saturated rings. The molecule has 1 unspecified atom stereocenters. The van der Waals surface area contributed by atoms with Crippen LogP contribution in [0.3, 0.4) is 0 Å². The number of rotatable bonds is 8. The third-order valence-corrected chi connectivity index (χ3v) is 5.01. The minimum Gasteiger partial charge on any atom is -0.352 e. The number of nitrogens with one attached hydrogen (secondary N) is 1. The van der Waals surface area contributed by atoms with E-state index in [9.17, 15) is 22.9 Å². The van der Waals surface area contributed by atoms with Crippen LogP contribution in [0.5, 0.6) is 0 Å². The molecule has 31 heavy (non-hydrogen) atoms. The minimum atomic E-state index is -4.77. The monoisotopic (exact) mass is 472 g/mol. The van der Waals surface area contributed by atoms with E-state index in [4.69, 9.17) is 23.2 Å². The highest BCUT2D eigenvalue weighted by Crippen LogP contribution is 2.38. The van der Waals surface area contributed by atoms with Crippen molar-refractivity contribution in [3.8, 4) is 0 Å². The zero-order valence-corrected chi connectivity index (χ0v) is 18.4. The molecular formula is C22H21Cl2F3N2O2. The second-order valence-electron chi connectivity index (χ2n) is 6.97. The lowest BCUT2D eigenvalue weighted by atomic mass is 9.96. The predicted octanol–water partition coefficient (Wildman–Crippen LogP) is 7.29. The lowest BCUT2D eigenvalue weighted by Crippen LogP contribution is -2.25. The van der Waals surface area contributed by atoms with Gasteiger partial charge in [-0.05, 0) is 60.4 Å². The van der Waals surface area contributed by atoms with Gasteiger partial charge in [0.25, 0.3) is 5.91 Å². The molecular weight excluding hydrogens is 452 g/mol. The number of halogens is 5. The molecule has 0 aromatic heterocycles. The highest BCUT2D eigenvalue weighted by Gasteiger charge is 2.36. The van der Waals surface area contributed by atoms with Gasteiger partial charge in [0.2, 0.25) is 0 Å². The van der Waals surface area contributed by atoms with Gasteiger partial charge in [-0.2, -0.15) is 13.2 Å². The molecule has 9 heteroatoms. The van der Waals surface area contributed by atoms with Gasteiger partial charge < -0.3 is 5.32 Å². The molecule has 2 aromatic rings. The van der Waals surface area contributed by atoms with Gasteiger partial charge in [0.1, 0.15) is 6.04 Å². The van der Waals surface area contributed by atoms with Crippen LogP contribution in [0.1, 0.15) is 52.9 Å².